The van der Waals surface area contributed by atoms with Crippen LogP contribution in [0.25, 0.3) is 5.65 Å². The zero-order valence-corrected chi connectivity index (χ0v) is 9.24. The van der Waals surface area contributed by atoms with E-state index >= 15 is 0 Å². The number of fused-ring (bicyclic) bond motifs is 1. The number of H-pyrrole nitrogens is 1. The maximum absolute atomic E-state index is 11.5. The largest absolute Gasteiger partial charge is 0.477 e. The van der Waals surface area contributed by atoms with E-state index in [4.69, 9.17) is 5.11 Å². The molecule has 0 aliphatic heterocycles. The highest BCUT2D eigenvalue weighted by molar-refractivity contribution is 7.99. The van der Waals surface area contributed by atoms with Crippen LogP contribution in [-0.2, 0) is 0 Å². The summed E-state index contributed by atoms with van der Waals surface area (Å²) in [7, 11) is 0. The fourth-order valence-corrected chi connectivity index (χ4v) is 2.16. The first-order chi connectivity index (χ1) is 7.65. The molecule has 2 N–H and O–H groups in total. The predicted octanol–water partition coefficient (Wildman–Crippen LogP) is 0.833. The lowest BCUT2D eigenvalue weighted by Crippen LogP contribution is -2.13. The van der Waals surface area contributed by atoms with E-state index in [-0.39, 0.29) is 16.8 Å². The van der Waals surface area contributed by atoms with Crippen LogP contribution < -0.4 is 5.56 Å². The van der Waals surface area contributed by atoms with Gasteiger partial charge in [-0.1, -0.05) is 6.92 Å². The number of nitrogens with one attached hydrogen (secondary N) is 1. The number of aromatic nitrogens is 3. The van der Waals surface area contributed by atoms with Crippen molar-refractivity contribution in [2.75, 3.05) is 5.75 Å². The number of carbonyl (C=O) groups is 1. The third-order valence-electron chi connectivity index (χ3n) is 2.01. The molecule has 0 unspecified atom stereocenters. The van der Waals surface area contributed by atoms with Crippen molar-refractivity contribution in [2.45, 2.75) is 11.9 Å². The molecule has 0 saturated carbocycles. The van der Waals surface area contributed by atoms with Gasteiger partial charge in [-0.05, 0) is 5.75 Å². The maximum atomic E-state index is 11.5. The van der Waals surface area contributed by atoms with Gasteiger partial charge in [-0.15, -0.1) is 11.8 Å². The zero-order valence-electron chi connectivity index (χ0n) is 8.43. The number of carboxylic acid groups (broad SMARTS) is 1. The third-order valence-corrected chi connectivity index (χ3v) is 2.89. The number of nitrogens with zero attached hydrogens (tertiary/aromatic N) is 2. The molecule has 0 atom stereocenters. The van der Waals surface area contributed by atoms with Crippen LogP contribution in [0.4, 0.5) is 0 Å². The Balaban J connectivity index is 2.81. The Kier molecular flexibility index (Phi) is 2.69. The van der Waals surface area contributed by atoms with Crippen molar-refractivity contribution >= 4 is 23.4 Å². The van der Waals surface area contributed by atoms with Gasteiger partial charge in [0.2, 0.25) is 0 Å². The van der Waals surface area contributed by atoms with Gasteiger partial charge < -0.3 is 5.11 Å². The molecule has 0 aromatic carbocycles. The van der Waals surface area contributed by atoms with Crippen molar-refractivity contribution in [2.24, 2.45) is 0 Å². The Labute approximate surface area is 94.3 Å². The molecule has 2 aromatic rings. The van der Waals surface area contributed by atoms with E-state index < -0.39 is 5.97 Å². The first kappa shape index (κ1) is 10.7. The van der Waals surface area contributed by atoms with E-state index in [1.807, 2.05) is 6.92 Å². The SMILES string of the molecule is CCSc1[nH]n2c(=O)ccnc2c1C(=O)O. The normalized spacial score (nSPS) is 10.8. The Bertz CT molecular complexity index is 602. The third kappa shape index (κ3) is 1.58. The van der Waals surface area contributed by atoms with Crippen molar-refractivity contribution in [3.63, 3.8) is 0 Å². The molecule has 0 aliphatic carbocycles. The van der Waals surface area contributed by atoms with Crippen LogP contribution in [0.5, 0.6) is 0 Å². The molecule has 2 heterocycles. The summed E-state index contributed by atoms with van der Waals surface area (Å²) in [6.07, 6.45) is 1.30. The second-order valence-corrected chi connectivity index (χ2v) is 4.27. The predicted molar refractivity (Wildman–Crippen MR) is 59.2 cm³/mol. The minimum atomic E-state index is -1.09. The fraction of sp³-hybridized carbons (Fsp3) is 0.222. The van der Waals surface area contributed by atoms with Crippen molar-refractivity contribution in [3.05, 3.63) is 28.2 Å². The van der Waals surface area contributed by atoms with Crippen LogP contribution in [-0.4, -0.2) is 31.4 Å². The zero-order chi connectivity index (χ0) is 11.7. The minimum absolute atomic E-state index is 0.0459. The second-order valence-electron chi connectivity index (χ2n) is 3.00. The van der Waals surface area contributed by atoms with Crippen LogP contribution in [0.2, 0.25) is 0 Å². The van der Waals surface area contributed by atoms with Crippen molar-refractivity contribution in [1.29, 1.82) is 0 Å². The summed E-state index contributed by atoms with van der Waals surface area (Å²) in [4.78, 5) is 26.5. The number of carboxylic acids is 1. The quantitative estimate of drug-likeness (QED) is 0.775. The highest BCUT2D eigenvalue weighted by atomic mass is 32.2. The number of hydrogen-bond acceptors (Lipinski definition) is 4. The lowest BCUT2D eigenvalue weighted by atomic mass is 10.3. The second kappa shape index (κ2) is 4.01. The van der Waals surface area contributed by atoms with E-state index in [9.17, 15) is 9.59 Å². The molecule has 0 saturated heterocycles. The van der Waals surface area contributed by atoms with Gasteiger partial charge in [0.15, 0.2) is 5.65 Å². The maximum Gasteiger partial charge on any atom is 0.342 e. The molecule has 16 heavy (non-hydrogen) atoms. The average Bonchev–Trinajstić information content (AvgIpc) is 2.58. The highest BCUT2D eigenvalue weighted by Crippen LogP contribution is 2.23. The Morgan fingerprint density at radius 2 is 2.44 bits per heavy atom. The van der Waals surface area contributed by atoms with Gasteiger partial charge in [-0.25, -0.2) is 9.78 Å². The van der Waals surface area contributed by atoms with Gasteiger partial charge in [0, 0.05) is 12.3 Å². The number of aromatic amines is 1. The number of rotatable bonds is 3. The molecule has 0 amide bonds. The van der Waals surface area contributed by atoms with Crippen molar-refractivity contribution in [1.82, 2.24) is 14.6 Å². The molecule has 84 valence electrons. The van der Waals surface area contributed by atoms with Crippen LogP contribution in [0.1, 0.15) is 17.3 Å². The van der Waals surface area contributed by atoms with Crippen molar-refractivity contribution in [3.8, 4) is 0 Å². The van der Waals surface area contributed by atoms with Crippen LogP contribution in [0, 0.1) is 0 Å². The summed E-state index contributed by atoms with van der Waals surface area (Å²) in [5, 5.41) is 12.3. The molecule has 0 radical (unpaired) electrons. The van der Waals surface area contributed by atoms with Crippen LogP contribution >= 0.6 is 11.8 Å². The molecule has 0 aliphatic rings. The Morgan fingerprint density at radius 3 is 3.06 bits per heavy atom. The molecular weight excluding hydrogens is 230 g/mol. The monoisotopic (exact) mass is 239 g/mol. The molecule has 2 rings (SSSR count). The van der Waals surface area contributed by atoms with Gasteiger partial charge in [0.25, 0.3) is 5.56 Å². The Morgan fingerprint density at radius 1 is 1.69 bits per heavy atom. The molecule has 0 bridgehead atoms. The van der Waals surface area contributed by atoms with E-state index in [1.165, 1.54) is 24.0 Å². The van der Waals surface area contributed by atoms with E-state index in [0.29, 0.717) is 10.8 Å². The number of aromatic carboxylic acids is 1. The first-order valence-electron chi connectivity index (χ1n) is 4.61. The first-order valence-corrected chi connectivity index (χ1v) is 5.59. The summed E-state index contributed by atoms with van der Waals surface area (Å²) < 4.78 is 1.14. The van der Waals surface area contributed by atoms with Crippen LogP contribution in [0.15, 0.2) is 22.1 Å². The fourth-order valence-electron chi connectivity index (χ4n) is 1.39. The van der Waals surface area contributed by atoms with E-state index in [2.05, 4.69) is 10.1 Å². The van der Waals surface area contributed by atoms with Crippen molar-refractivity contribution < 1.29 is 9.90 Å². The summed E-state index contributed by atoms with van der Waals surface area (Å²) in [6, 6.07) is 1.27. The van der Waals surface area contributed by atoms with Gasteiger partial charge >= 0.3 is 5.97 Å². The summed E-state index contributed by atoms with van der Waals surface area (Å²) in [5.74, 6) is -0.380. The Hall–Kier alpha value is -1.76. The van der Waals surface area contributed by atoms with Gasteiger partial charge in [0.05, 0.1) is 0 Å². The topological polar surface area (TPSA) is 87.5 Å². The molecule has 0 spiro atoms. The summed E-state index contributed by atoms with van der Waals surface area (Å²) in [6.45, 7) is 1.90. The molecule has 2 aromatic heterocycles. The standard InChI is InChI=1S/C9H9N3O3S/c1-2-16-8-6(9(14)15)7-10-4-3-5(13)12(7)11-8/h3-4,11H,2H2,1H3,(H,14,15). The van der Waals surface area contributed by atoms with Gasteiger partial charge in [-0.2, -0.15) is 4.52 Å². The van der Waals surface area contributed by atoms with Crippen LogP contribution in [0.3, 0.4) is 0 Å². The highest BCUT2D eigenvalue weighted by Gasteiger charge is 2.19. The lowest BCUT2D eigenvalue weighted by molar-refractivity contribution is 0.0695. The lowest BCUT2D eigenvalue weighted by Gasteiger charge is -1.94. The molecule has 6 nitrogen and oxygen atoms in total. The summed E-state index contributed by atoms with van der Waals surface area (Å²) in [5.41, 5.74) is -0.129. The molecular formula is C9H9N3O3S. The summed E-state index contributed by atoms with van der Waals surface area (Å²) >= 11 is 1.33. The molecule has 0 fully saturated rings. The van der Waals surface area contributed by atoms with Gasteiger partial charge in [0.1, 0.15) is 10.6 Å². The smallest absolute Gasteiger partial charge is 0.342 e. The average molecular weight is 239 g/mol. The van der Waals surface area contributed by atoms with E-state index in [1.54, 1.807) is 0 Å². The molecule has 7 heteroatoms. The number of thioether (sulfide) groups is 1. The van der Waals surface area contributed by atoms with E-state index in [0.717, 1.165) is 4.52 Å². The number of hydrogen-bond donors (Lipinski definition) is 2. The van der Waals surface area contributed by atoms with Gasteiger partial charge in [-0.3, -0.25) is 9.89 Å². The minimum Gasteiger partial charge on any atom is -0.477 e.